The lowest BCUT2D eigenvalue weighted by atomic mass is 10.1. The third-order valence-corrected chi connectivity index (χ3v) is 3.75. The van der Waals surface area contributed by atoms with Crippen LogP contribution in [-0.2, 0) is 6.54 Å². The van der Waals surface area contributed by atoms with E-state index in [0.717, 1.165) is 4.88 Å². The Bertz CT molecular complexity index is 594. The van der Waals surface area contributed by atoms with Crippen LogP contribution in [0.2, 0.25) is 4.34 Å². The molecule has 0 fully saturated rings. The molecule has 0 spiro atoms. The maximum Gasteiger partial charge on any atom is 0.254 e. The van der Waals surface area contributed by atoms with Gasteiger partial charge in [0.05, 0.1) is 10.9 Å². The maximum absolute atomic E-state index is 13.2. The summed E-state index contributed by atoms with van der Waals surface area (Å²) in [6, 6.07) is 7.45. The van der Waals surface area contributed by atoms with E-state index in [1.807, 2.05) is 6.07 Å². The second-order valence-electron chi connectivity index (χ2n) is 4.14. The molecule has 0 radical (unpaired) electrons. The molecule has 0 aliphatic heterocycles. The lowest BCUT2D eigenvalue weighted by Gasteiger charge is -2.16. The van der Waals surface area contributed by atoms with Crippen molar-refractivity contribution in [1.29, 1.82) is 0 Å². The molecule has 0 aliphatic carbocycles. The van der Waals surface area contributed by atoms with E-state index in [0.29, 0.717) is 10.9 Å². The molecule has 19 heavy (non-hydrogen) atoms. The quantitative estimate of drug-likeness (QED) is 0.883. The molecule has 0 saturated carbocycles. The number of rotatable bonds is 3. The largest absolute Gasteiger partial charge is 0.399 e. The number of carbonyl (C=O) groups is 1. The Hall–Kier alpha value is -1.59. The Morgan fingerprint density at radius 1 is 1.42 bits per heavy atom. The number of amides is 1. The first-order valence-electron chi connectivity index (χ1n) is 5.51. The summed E-state index contributed by atoms with van der Waals surface area (Å²) in [5.41, 5.74) is 6.00. The van der Waals surface area contributed by atoms with Gasteiger partial charge in [-0.1, -0.05) is 11.6 Å². The summed E-state index contributed by atoms with van der Waals surface area (Å²) in [5.74, 6) is -0.799. The number of nitrogens with zero attached hydrogens (tertiary/aromatic N) is 1. The lowest BCUT2D eigenvalue weighted by Crippen LogP contribution is -2.26. The molecule has 100 valence electrons. The van der Waals surface area contributed by atoms with Crippen molar-refractivity contribution >= 4 is 34.5 Å². The highest BCUT2D eigenvalue weighted by molar-refractivity contribution is 7.16. The predicted octanol–water partition coefficient (Wildman–Crippen LogP) is 3.40. The fourth-order valence-electron chi connectivity index (χ4n) is 1.70. The van der Waals surface area contributed by atoms with Crippen molar-refractivity contribution in [2.24, 2.45) is 0 Å². The zero-order valence-corrected chi connectivity index (χ0v) is 11.8. The van der Waals surface area contributed by atoms with Crippen LogP contribution in [0.4, 0.5) is 10.1 Å². The molecule has 0 unspecified atom stereocenters. The van der Waals surface area contributed by atoms with Gasteiger partial charge >= 0.3 is 0 Å². The zero-order chi connectivity index (χ0) is 14.0. The van der Waals surface area contributed by atoms with Gasteiger partial charge in [0.2, 0.25) is 0 Å². The van der Waals surface area contributed by atoms with Gasteiger partial charge in [-0.25, -0.2) is 4.39 Å². The predicted molar refractivity (Wildman–Crippen MR) is 75.9 cm³/mol. The van der Waals surface area contributed by atoms with Gasteiger partial charge in [-0.3, -0.25) is 4.79 Å². The van der Waals surface area contributed by atoms with Crippen molar-refractivity contribution in [1.82, 2.24) is 4.90 Å². The number of benzene rings is 1. The van der Waals surface area contributed by atoms with E-state index in [2.05, 4.69) is 0 Å². The van der Waals surface area contributed by atoms with Crippen LogP contribution < -0.4 is 5.73 Å². The van der Waals surface area contributed by atoms with Crippen molar-refractivity contribution < 1.29 is 9.18 Å². The summed E-state index contributed by atoms with van der Waals surface area (Å²) in [4.78, 5) is 14.6. The van der Waals surface area contributed by atoms with Gasteiger partial charge in [0, 0.05) is 23.2 Å². The standard InChI is InChI=1S/C13H12ClFN2OS/c1-17(7-11-2-3-12(14)19-11)13(18)8-4-9(15)6-10(16)5-8/h2-6H,7,16H2,1H3. The zero-order valence-electron chi connectivity index (χ0n) is 10.2. The van der Waals surface area contributed by atoms with E-state index in [4.69, 9.17) is 17.3 Å². The SMILES string of the molecule is CN(Cc1ccc(Cl)s1)C(=O)c1cc(N)cc(F)c1. The number of nitrogens with two attached hydrogens (primary N) is 1. The second-order valence-corrected chi connectivity index (χ2v) is 5.94. The molecule has 1 heterocycles. The Morgan fingerprint density at radius 2 is 2.16 bits per heavy atom. The van der Waals surface area contributed by atoms with Gasteiger partial charge in [0.25, 0.3) is 5.91 Å². The Morgan fingerprint density at radius 3 is 2.74 bits per heavy atom. The Kier molecular flexibility index (Phi) is 4.07. The van der Waals surface area contributed by atoms with Crippen molar-refractivity contribution in [3.63, 3.8) is 0 Å². The van der Waals surface area contributed by atoms with E-state index < -0.39 is 5.82 Å². The van der Waals surface area contributed by atoms with E-state index in [1.165, 1.54) is 34.4 Å². The smallest absolute Gasteiger partial charge is 0.254 e. The van der Waals surface area contributed by atoms with E-state index in [-0.39, 0.29) is 17.2 Å². The highest BCUT2D eigenvalue weighted by atomic mass is 35.5. The van der Waals surface area contributed by atoms with Gasteiger partial charge in [-0.2, -0.15) is 0 Å². The minimum Gasteiger partial charge on any atom is -0.399 e. The summed E-state index contributed by atoms with van der Waals surface area (Å²) in [6.45, 7) is 0.423. The van der Waals surface area contributed by atoms with Crippen LogP contribution >= 0.6 is 22.9 Å². The van der Waals surface area contributed by atoms with Gasteiger partial charge in [-0.15, -0.1) is 11.3 Å². The number of carbonyl (C=O) groups excluding carboxylic acids is 1. The fourth-order valence-corrected chi connectivity index (χ4v) is 2.84. The minimum absolute atomic E-state index is 0.232. The third kappa shape index (κ3) is 3.45. The van der Waals surface area contributed by atoms with E-state index >= 15 is 0 Å². The van der Waals surface area contributed by atoms with Crippen LogP contribution in [0.15, 0.2) is 30.3 Å². The van der Waals surface area contributed by atoms with Crippen molar-refractivity contribution in [3.05, 3.63) is 50.9 Å². The Balaban J connectivity index is 2.14. The third-order valence-electron chi connectivity index (χ3n) is 2.54. The van der Waals surface area contributed by atoms with Crippen LogP contribution in [0.1, 0.15) is 15.2 Å². The van der Waals surface area contributed by atoms with Crippen molar-refractivity contribution in [3.8, 4) is 0 Å². The number of nitrogen functional groups attached to an aromatic ring is 1. The molecule has 1 amide bonds. The number of thiophene rings is 1. The molecule has 0 aliphatic rings. The lowest BCUT2D eigenvalue weighted by molar-refractivity contribution is 0.0786. The number of anilines is 1. The average Bonchev–Trinajstić information content (AvgIpc) is 2.72. The Labute approximate surface area is 119 Å². The van der Waals surface area contributed by atoms with Gasteiger partial charge < -0.3 is 10.6 Å². The summed E-state index contributed by atoms with van der Waals surface area (Å²) in [6.07, 6.45) is 0. The summed E-state index contributed by atoms with van der Waals surface area (Å²) in [5, 5.41) is 0. The summed E-state index contributed by atoms with van der Waals surface area (Å²) >= 11 is 7.24. The van der Waals surface area contributed by atoms with Crippen LogP contribution in [0.3, 0.4) is 0 Å². The van der Waals surface area contributed by atoms with Crippen LogP contribution in [0.25, 0.3) is 0 Å². The first-order chi connectivity index (χ1) is 8.95. The highest BCUT2D eigenvalue weighted by Crippen LogP contribution is 2.23. The molecule has 1 aromatic carbocycles. The van der Waals surface area contributed by atoms with Crippen LogP contribution in [-0.4, -0.2) is 17.9 Å². The summed E-state index contributed by atoms with van der Waals surface area (Å²) in [7, 11) is 1.65. The minimum atomic E-state index is -0.518. The summed E-state index contributed by atoms with van der Waals surface area (Å²) < 4.78 is 13.9. The van der Waals surface area contributed by atoms with Crippen molar-refractivity contribution in [2.45, 2.75) is 6.54 Å². The van der Waals surface area contributed by atoms with E-state index in [9.17, 15) is 9.18 Å². The normalized spacial score (nSPS) is 10.5. The molecule has 3 nitrogen and oxygen atoms in total. The van der Waals surface area contributed by atoms with Crippen molar-refractivity contribution in [2.75, 3.05) is 12.8 Å². The van der Waals surface area contributed by atoms with Gasteiger partial charge in [0.1, 0.15) is 5.82 Å². The highest BCUT2D eigenvalue weighted by Gasteiger charge is 2.14. The van der Waals surface area contributed by atoms with Crippen LogP contribution in [0, 0.1) is 5.82 Å². The topological polar surface area (TPSA) is 46.3 Å². The molecule has 2 aromatic rings. The molecule has 0 saturated heterocycles. The molecule has 2 N–H and O–H groups in total. The second kappa shape index (κ2) is 5.59. The molecule has 0 atom stereocenters. The first kappa shape index (κ1) is 13.8. The molecule has 2 rings (SSSR count). The molecule has 6 heteroatoms. The van der Waals surface area contributed by atoms with Gasteiger partial charge in [-0.05, 0) is 30.3 Å². The number of hydrogen-bond donors (Lipinski definition) is 1. The molecular weight excluding hydrogens is 287 g/mol. The fraction of sp³-hybridized carbons (Fsp3) is 0.154. The van der Waals surface area contributed by atoms with Gasteiger partial charge in [0.15, 0.2) is 0 Å². The average molecular weight is 299 g/mol. The molecular formula is C13H12ClFN2OS. The number of halogens is 2. The number of hydrogen-bond acceptors (Lipinski definition) is 3. The maximum atomic E-state index is 13.2. The molecule has 0 bridgehead atoms. The van der Waals surface area contributed by atoms with Crippen LogP contribution in [0.5, 0.6) is 0 Å². The molecule has 1 aromatic heterocycles. The first-order valence-corrected chi connectivity index (χ1v) is 6.71. The van der Waals surface area contributed by atoms with E-state index in [1.54, 1.807) is 13.1 Å². The monoisotopic (exact) mass is 298 g/mol.